The Balaban J connectivity index is 1.37. The van der Waals surface area contributed by atoms with Crippen molar-refractivity contribution in [2.45, 2.75) is 65.2 Å². The molecule has 41 heavy (non-hydrogen) atoms. The van der Waals surface area contributed by atoms with E-state index in [2.05, 4.69) is 75.5 Å². The topological polar surface area (TPSA) is 78.8 Å². The van der Waals surface area contributed by atoms with E-state index in [0.717, 1.165) is 28.7 Å². The molecule has 0 aliphatic heterocycles. The lowest BCUT2D eigenvalue weighted by atomic mass is 9.91. The van der Waals surface area contributed by atoms with Gasteiger partial charge in [0.25, 0.3) is 0 Å². The average molecular weight is 554 g/mol. The standard InChI is InChI=1S/C36H43NO4/c1-24(2)18-30-20-29(16-17-34(30)35(39)40)33-13-9-8-12-32(33)25(3)41-23-31(38)22-37-36(4,5)21-26-14-15-27-10-6-7-11-28(27)19-26/h6-17,19-20,24-25,31,37-38H,18,21-23H2,1-5H3,(H,39,40)/t25-,31-/m1/s1. The molecule has 0 spiro atoms. The number of rotatable bonds is 13. The van der Waals surface area contributed by atoms with Crippen molar-refractivity contribution in [1.29, 1.82) is 0 Å². The van der Waals surface area contributed by atoms with E-state index >= 15 is 0 Å². The van der Waals surface area contributed by atoms with E-state index in [1.165, 1.54) is 16.3 Å². The second-order valence-electron chi connectivity index (χ2n) is 12.1. The van der Waals surface area contributed by atoms with E-state index in [0.29, 0.717) is 24.4 Å². The minimum atomic E-state index is -0.903. The molecule has 0 aliphatic carbocycles. The Morgan fingerprint density at radius 3 is 2.34 bits per heavy atom. The van der Waals surface area contributed by atoms with Gasteiger partial charge in [0.05, 0.1) is 24.4 Å². The third kappa shape index (κ3) is 8.26. The second kappa shape index (κ2) is 13.4. The highest BCUT2D eigenvalue weighted by Crippen LogP contribution is 2.32. The summed E-state index contributed by atoms with van der Waals surface area (Å²) in [4.78, 5) is 11.8. The Morgan fingerprint density at radius 2 is 1.61 bits per heavy atom. The highest BCUT2D eigenvalue weighted by Gasteiger charge is 2.21. The third-order valence-electron chi connectivity index (χ3n) is 7.49. The van der Waals surface area contributed by atoms with Crippen LogP contribution >= 0.6 is 0 Å². The Morgan fingerprint density at radius 1 is 0.902 bits per heavy atom. The van der Waals surface area contributed by atoms with Crippen LogP contribution in [0.4, 0.5) is 0 Å². The summed E-state index contributed by atoms with van der Waals surface area (Å²) < 4.78 is 6.16. The van der Waals surface area contributed by atoms with Gasteiger partial charge in [-0.15, -0.1) is 0 Å². The molecule has 0 radical (unpaired) electrons. The predicted molar refractivity (Wildman–Crippen MR) is 167 cm³/mol. The number of β-amino-alcohol motifs (C(OH)–C–C–N with tert-alkyl or cyclic N) is 1. The maximum absolute atomic E-state index is 11.8. The lowest BCUT2D eigenvalue weighted by molar-refractivity contribution is -0.00397. The van der Waals surface area contributed by atoms with Crippen molar-refractivity contribution in [3.05, 3.63) is 107 Å². The molecule has 3 N–H and O–H groups in total. The number of fused-ring (bicyclic) bond motifs is 1. The van der Waals surface area contributed by atoms with Crippen molar-refractivity contribution in [2.75, 3.05) is 13.2 Å². The summed E-state index contributed by atoms with van der Waals surface area (Å²) in [6, 6.07) is 28.5. The molecule has 0 unspecified atom stereocenters. The van der Waals surface area contributed by atoms with Crippen LogP contribution in [0.3, 0.4) is 0 Å². The van der Waals surface area contributed by atoms with E-state index in [-0.39, 0.29) is 18.2 Å². The molecule has 0 saturated heterocycles. The highest BCUT2D eigenvalue weighted by atomic mass is 16.5. The molecule has 0 bridgehead atoms. The van der Waals surface area contributed by atoms with Gasteiger partial charge in [0.15, 0.2) is 0 Å². The van der Waals surface area contributed by atoms with Crippen LogP contribution in [0.2, 0.25) is 0 Å². The van der Waals surface area contributed by atoms with Gasteiger partial charge >= 0.3 is 5.97 Å². The molecule has 0 saturated carbocycles. The fourth-order valence-electron chi connectivity index (χ4n) is 5.41. The molecular formula is C36H43NO4. The van der Waals surface area contributed by atoms with Crippen molar-refractivity contribution in [3.8, 4) is 11.1 Å². The molecule has 0 aromatic heterocycles. The summed E-state index contributed by atoms with van der Waals surface area (Å²) in [5, 5.41) is 26.4. The normalized spacial score (nSPS) is 13.4. The van der Waals surface area contributed by atoms with E-state index in [4.69, 9.17) is 4.74 Å². The molecule has 4 aromatic carbocycles. The first-order chi connectivity index (χ1) is 19.5. The van der Waals surface area contributed by atoms with Crippen LogP contribution in [0.1, 0.15) is 67.8 Å². The van der Waals surface area contributed by atoms with Crippen LogP contribution in [0.15, 0.2) is 84.9 Å². The Labute approximate surface area is 244 Å². The summed E-state index contributed by atoms with van der Waals surface area (Å²) in [6.45, 7) is 11.1. The van der Waals surface area contributed by atoms with Crippen LogP contribution in [-0.4, -0.2) is 41.0 Å². The molecule has 2 atom stereocenters. The van der Waals surface area contributed by atoms with Gasteiger partial charge in [0, 0.05) is 12.1 Å². The number of nitrogens with one attached hydrogen (secondary N) is 1. The monoisotopic (exact) mass is 553 g/mol. The number of carboxylic acid groups (broad SMARTS) is 1. The lowest BCUT2D eigenvalue weighted by Gasteiger charge is -2.28. The third-order valence-corrected chi connectivity index (χ3v) is 7.49. The molecule has 5 nitrogen and oxygen atoms in total. The molecule has 4 rings (SSSR count). The van der Waals surface area contributed by atoms with Crippen LogP contribution < -0.4 is 5.32 Å². The number of hydrogen-bond acceptors (Lipinski definition) is 4. The summed E-state index contributed by atoms with van der Waals surface area (Å²) >= 11 is 0. The molecular weight excluding hydrogens is 510 g/mol. The number of ether oxygens (including phenoxy) is 1. The number of benzene rings is 4. The van der Waals surface area contributed by atoms with Gasteiger partial charge in [0.1, 0.15) is 0 Å². The summed E-state index contributed by atoms with van der Waals surface area (Å²) in [5.74, 6) is -0.561. The highest BCUT2D eigenvalue weighted by molar-refractivity contribution is 5.90. The zero-order valence-corrected chi connectivity index (χ0v) is 24.9. The van der Waals surface area contributed by atoms with Gasteiger partial charge in [0.2, 0.25) is 0 Å². The van der Waals surface area contributed by atoms with Gasteiger partial charge in [-0.2, -0.15) is 0 Å². The van der Waals surface area contributed by atoms with E-state index < -0.39 is 12.1 Å². The van der Waals surface area contributed by atoms with Crippen molar-refractivity contribution < 1.29 is 19.7 Å². The first-order valence-electron chi connectivity index (χ1n) is 14.5. The zero-order chi connectivity index (χ0) is 29.6. The lowest BCUT2D eigenvalue weighted by Crippen LogP contribution is -2.46. The van der Waals surface area contributed by atoms with Gasteiger partial charge in [-0.3, -0.25) is 0 Å². The average Bonchev–Trinajstić information content (AvgIpc) is 2.94. The Bertz CT molecular complexity index is 1480. The number of carboxylic acids is 1. The van der Waals surface area contributed by atoms with E-state index in [1.54, 1.807) is 6.07 Å². The van der Waals surface area contributed by atoms with Crippen LogP contribution in [-0.2, 0) is 17.6 Å². The minimum absolute atomic E-state index is 0.197. The number of hydrogen-bond donors (Lipinski definition) is 3. The summed E-state index contributed by atoms with van der Waals surface area (Å²) in [7, 11) is 0. The predicted octanol–water partition coefficient (Wildman–Crippen LogP) is 7.45. The molecule has 0 fully saturated rings. The quantitative estimate of drug-likeness (QED) is 0.160. The second-order valence-corrected chi connectivity index (χ2v) is 12.1. The fraction of sp³-hybridized carbons (Fsp3) is 0.361. The first kappa shape index (κ1) is 30.4. The van der Waals surface area contributed by atoms with Crippen LogP contribution in [0.5, 0.6) is 0 Å². The largest absolute Gasteiger partial charge is 0.478 e. The van der Waals surface area contributed by atoms with Crippen molar-refractivity contribution >= 4 is 16.7 Å². The fourth-order valence-corrected chi connectivity index (χ4v) is 5.41. The van der Waals surface area contributed by atoms with Gasteiger partial charge in [-0.25, -0.2) is 4.79 Å². The van der Waals surface area contributed by atoms with E-state index in [9.17, 15) is 15.0 Å². The maximum atomic E-state index is 11.8. The molecule has 0 amide bonds. The van der Waals surface area contributed by atoms with Crippen molar-refractivity contribution in [1.82, 2.24) is 5.32 Å². The molecule has 0 aliphatic rings. The number of aromatic carboxylic acids is 1. The number of aliphatic hydroxyl groups is 1. The molecule has 4 aromatic rings. The Kier molecular flexibility index (Phi) is 9.98. The SMILES string of the molecule is CC(C)Cc1cc(-c2ccccc2[C@@H](C)OC[C@H](O)CNC(C)(C)Cc2ccc3ccccc3c2)ccc1C(=O)O. The summed E-state index contributed by atoms with van der Waals surface area (Å²) in [5.41, 5.74) is 5.22. The van der Waals surface area contributed by atoms with Crippen LogP contribution in [0.25, 0.3) is 21.9 Å². The number of aliphatic hydroxyl groups excluding tert-OH is 1. The zero-order valence-electron chi connectivity index (χ0n) is 24.9. The summed E-state index contributed by atoms with van der Waals surface area (Å²) in [6.07, 6.45) is 0.626. The van der Waals surface area contributed by atoms with Crippen molar-refractivity contribution in [3.63, 3.8) is 0 Å². The molecule has 216 valence electrons. The van der Waals surface area contributed by atoms with E-state index in [1.807, 2.05) is 43.3 Å². The van der Waals surface area contributed by atoms with Gasteiger partial charge in [-0.05, 0) is 84.2 Å². The minimum Gasteiger partial charge on any atom is -0.478 e. The van der Waals surface area contributed by atoms with Gasteiger partial charge in [-0.1, -0.05) is 92.7 Å². The molecule has 5 heteroatoms. The Hall–Kier alpha value is -3.51. The number of carbonyl (C=O) groups is 1. The van der Waals surface area contributed by atoms with Gasteiger partial charge < -0.3 is 20.3 Å². The van der Waals surface area contributed by atoms with Crippen LogP contribution in [0, 0.1) is 5.92 Å². The van der Waals surface area contributed by atoms with Crippen molar-refractivity contribution in [2.24, 2.45) is 5.92 Å². The smallest absolute Gasteiger partial charge is 0.335 e. The maximum Gasteiger partial charge on any atom is 0.335 e. The molecule has 0 heterocycles. The first-order valence-corrected chi connectivity index (χ1v) is 14.5.